The van der Waals surface area contributed by atoms with Gasteiger partial charge in [-0.25, -0.2) is 0 Å². The van der Waals surface area contributed by atoms with Gasteiger partial charge < -0.3 is 10.4 Å². The summed E-state index contributed by atoms with van der Waals surface area (Å²) in [5.41, 5.74) is 1.14. The van der Waals surface area contributed by atoms with Crippen LogP contribution in [0.4, 0.5) is 5.82 Å². The number of aromatic hydroxyl groups is 1. The van der Waals surface area contributed by atoms with E-state index in [-0.39, 0.29) is 22.6 Å². The fourth-order valence-electron chi connectivity index (χ4n) is 1.51. The van der Waals surface area contributed by atoms with Gasteiger partial charge in [0.25, 0.3) is 5.91 Å². The maximum absolute atomic E-state index is 11.9. The van der Waals surface area contributed by atoms with Crippen molar-refractivity contribution in [3.8, 4) is 5.75 Å². The summed E-state index contributed by atoms with van der Waals surface area (Å²) in [6, 6.07) is 3.13. The molecule has 0 aromatic carbocycles. The number of pyridine rings is 1. The summed E-state index contributed by atoms with van der Waals surface area (Å²) in [5.74, 6) is 0.0266. The van der Waals surface area contributed by atoms with Crippen molar-refractivity contribution < 1.29 is 9.90 Å². The number of aromatic nitrogens is 3. The summed E-state index contributed by atoms with van der Waals surface area (Å²) in [6.45, 7) is 6.14. The second-order valence-corrected chi connectivity index (χ2v) is 5.30. The van der Waals surface area contributed by atoms with E-state index in [9.17, 15) is 9.90 Å². The number of H-pyrrole nitrogens is 1. The molecule has 0 spiro atoms. The quantitative estimate of drug-likeness (QED) is 0.770. The van der Waals surface area contributed by atoms with Crippen LogP contribution in [0.1, 0.15) is 36.8 Å². The zero-order valence-corrected chi connectivity index (χ0v) is 11.1. The molecule has 0 fully saturated rings. The van der Waals surface area contributed by atoms with Gasteiger partial charge in [-0.1, -0.05) is 20.8 Å². The largest absolute Gasteiger partial charge is 0.506 e. The number of hydrogen-bond donors (Lipinski definition) is 3. The van der Waals surface area contributed by atoms with Crippen LogP contribution in [0.5, 0.6) is 5.75 Å². The molecule has 0 aliphatic carbocycles. The van der Waals surface area contributed by atoms with Gasteiger partial charge in [-0.3, -0.25) is 14.9 Å². The van der Waals surface area contributed by atoms with Crippen LogP contribution in [0, 0.1) is 0 Å². The van der Waals surface area contributed by atoms with E-state index in [1.54, 1.807) is 6.07 Å². The fourth-order valence-corrected chi connectivity index (χ4v) is 1.51. The van der Waals surface area contributed by atoms with Crippen molar-refractivity contribution in [1.29, 1.82) is 0 Å². The summed E-state index contributed by atoms with van der Waals surface area (Å²) in [7, 11) is 0. The fraction of sp³-hybridized carbons (Fsp3) is 0.308. The predicted octanol–water partition coefficient (Wildman–Crippen LogP) is 2.06. The molecule has 0 bridgehead atoms. The molecule has 0 atom stereocenters. The second-order valence-electron chi connectivity index (χ2n) is 5.30. The Bertz CT molecular complexity index is 599. The monoisotopic (exact) mass is 260 g/mol. The zero-order chi connectivity index (χ0) is 14.0. The molecule has 6 nitrogen and oxygen atoms in total. The molecule has 19 heavy (non-hydrogen) atoms. The third kappa shape index (κ3) is 3.09. The predicted molar refractivity (Wildman–Crippen MR) is 71.1 cm³/mol. The molecule has 0 saturated carbocycles. The number of nitrogens with one attached hydrogen (secondary N) is 2. The van der Waals surface area contributed by atoms with Gasteiger partial charge >= 0.3 is 0 Å². The van der Waals surface area contributed by atoms with Crippen molar-refractivity contribution in [3.63, 3.8) is 0 Å². The molecular weight excluding hydrogens is 244 g/mol. The summed E-state index contributed by atoms with van der Waals surface area (Å²) < 4.78 is 0. The number of aromatic amines is 1. The van der Waals surface area contributed by atoms with Crippen molar-refractivity contribution in [2.45, 2.75) is 26.2 Å². The molecular formula is C13H16N4O2. The lowest BCUT2D eigenvalue weighted by Crippen LogP contribution is -2.12. The number of carbonyl (C=O) groups excluding carboxylic acids is 1. The van der Waals surface area contributed by atoms with Gasteiger partial charge in [0.2, 0.25) is 0 Å². The van der Waals surface area contributed by atoms with E-state index >= 15 is 0 Å². The minimum absolute atomic E-state index is 0.0509. The Morgan fingerprint density at radius 3 is 2.63 bits per heavy atom. The number of anilines is 1. The Balaban J connectivity index is 2.13. The van der Waals surface area contributed by atoms with Crippen molar-refractivity contribution in [3.05, 3.63) is 35.8 Å². The van der Waals surface area contributed by atoms with Crippen LogP contribution in [0.3, 0.4) is 0 Å². The van der Waals surface area contributed by atoms with Crippen LogP contribution in [0.2, 0.25) is 0 Å². The second kappa shape index (κ2) is 4.72. The SMILES string of the molecule is CC(C)(C)c1cc(NC(=O)c2cncc(O)c2)n[nH]1. The van der Waals surface area contributed by atoms with Crippen molar-refractivity contribution >= 4 is 11.7 Å². The first-order valence-corrected chi connectivity index (χ1v) is 5.87. The number of carbonyl (C=O) groups is 1. The minimum atomic E-state index is -0.365. The van der Waals surface area contributed by atoms with Crippen LogP contribution >= 0.6 is 0 Å². The Morgan fingerprint density at radius 2 is 2.05 bits per heavy atom. The first kappa shape index (κ1) is 13.1. The van der Waals surface area contributed by atoms with E-state index in [0.29, 0.717) is 5.82 Å². The Kier molecular flexibility index (Phi) is 3.25. The summed E-state index contributed by atoms with van der Waals surface area (Å²) in [5, 5.41) is 18.8. The first-order valence-electron chi connectivity index (χ1n) is 5.87. The highest BCUT2D eigenvalue weighted by atomic mass is 16.3. The molecule has 3 N–H and O–H groups in total. The topological polar surface area (TPSA) is 90.9 Å². The van der Waals surface area contributed by atoms with Gasteiger partial charge in [-0.15, -0.1) is 0 Å². The van der Waals surface area contributed by atoms with Gasteiger partial charge in [0.05, 0.1) is 11.8 Å². The third-order valence-corrected chi connectivity index (χ3v) is 2.61. The lowest BCUT2D eigenvalue weighted by molar-refractivity contribution is 0.102. The van der Waals surface area contributed by atoms with E-state index < -0.39 is 0 Å². The van der Waals surface area contributed by atoms with Crippen LogP contribution in [0.25, 0.3) is 0 Å². The Labute approximate surface area is 110 Å². The zero-order valence-electron chi connectivity index (χ0n) is 11.1. The average molecular weight is 260 g/mol. The van der Waals surface area contributed by atoms with Gasteiger partial charge in [0.1, 0.15) is 5.75 Å². The first-order chi connectivity index (χ1) is 8.86. The molecule has 1 amide bonds. The van der Waals surface area contributed by atoms with E-state index in [1.807, 2.05) is 20.8 Å². The lowest BCUT2D eigenvalue weighted by Gasteiger charge is -2.14. The molecule has 0 radical (unpaired) electrons. The van der Waals surface area contributed by atoms with Crippen molar-refractivity contribution in [1.82, 2.24) is 15.2 Å². The van der Waals surface area contributed by atoms with Crippen LogP contribution in [-0.4, -0.2) is 26.2 Å². The number of hydrogen-bond acceptors (Lipinski definition) is 4. The highest BCUT2D eigenvalue weighted by molar-refractivity contribution is 6.03. The molecule has 6 heteroatoms. The Hall–Kier alpha value is -2.37. The normalized spacial score (nSPS) is 11.3. The summed E-state index contributed by atoms with van der Waals surface area (Å²) in [4.78, 5) is 15.7. The highest BCUT2D eigenvalue weighted by Crippen LogP contribution is 2.22. The van der Waals surface area contributed by atoms with E-state index in [0.717, 1.165) is 5.69 Å². The lowest BCUT2D eigenvalue weighted by atomic mass is 9.92. The molecule has 0 saturated heterocycles. The molecule has 0 unspecified atom stereocenters. The molecule has 100 valence electrons. The number of nitrogens with zero attached hydrogens (tertiary/aromatic N) is 2. The molecule has 2 rings (SSSR count). The summed E-state index contributed by atoms with van der Waals surface area (Å²) >= 11 is 0. The highest BCUT2D eigenvalue weighted by Gasteiger charge is 2.17. The van der Waals surface area contributed by atoms with Crippen LogP contribution in [0.15, 0.2) is 24.5 Å². The molecule has 2 heterocycles. The summed E-state index contributed by atoms with van der Waals surface area (Å²) in [6.07, 6.45) is 2.65. The van der Waals surface area contributed by atoms with Gasteiger partial charge in [-0.05, 0) is 6.07 Å². The number of amides is 1. The molecule has 0 aliphatic rings. The van der Waals surface area contributed by atoms with E-state index in [4.69, 9.17) is 0 Å². The van der Waals surface area contributed by atoms with E-state index in [1.165, 1.54) is 18.5 Å². The molecule has 0 aliphatic heterocycles. The third-order valence-electron chi connectivity index (χ3n) is 2.61. The maximum Gasteiger partial charge on any atom is 0.258 e. The maximum atomic E-state index is 11.9. The Morgan fingerprint density at radius 1 is 1.32 bits per heavy atom. The molecule has 2 aromatic rings. The van der Waals surface area contributed by atoms with Crippen molar-refractivity contribution in [2.24, 2.45) is 0 Å². The smallest absolute Gasteiger partial charge is 0.258 e. The van der Waals surface area contributed by atoms with Gasteiger partial charge in [0, 0.05) is 23.4 Å². The minimum Gasteiger partial charge on any atom is -0.506 e. The van der Waals surface area contributed by atoms with Crippen LogP contribution in [-0.2, 0) is 5.41 Å². The van der Waals surface area contributed by atoms with Crippen LogP contribution < -0.4 is 5.32 Å². The standard InChI is InChI=1S/C13H16N4O2/c1-13(2,3)10-5-11(17-16-10)15-12(19)8-4-9(18)7-14-6-8/h4-7,18H,1-3H3,(H2,15,16,17,19). The van der Waals surface area contributed by atoms with E-state index in [2.05, 4.69) is 20.5 Å². The number of rotatable bonds is 2. The average Bonchev–Trinajstić information content (AvgIpc) is 2.77. The van der Waals surface area contributed by atoms with Gasteiger partial charge in [-0.2, -0.15) is 5.10 Å². The van der Waals surface area contributed by atoms with Crippen molar-refractivity contribution in [2.75, 3.05) is 5.32 Å². The van der Waals surface area contributed by atoms with Gasteiger partial charge in [0.15, 0.2) is 5.82 Å². The molecule has 2 aromatic heterocycles.